The summed E-state index contributed by atoms with van der Waals surface area (Å²) in [5, 5.41) is 5.32. The molecule has 2 atom stereocenters. The normalized spacial score (nSPS) is 12.9. The highest BCUT2D eigenvalue weighted by Crippen LogP contribution is 2.28. The molecule has 0 aliphatic rings. The van der Waals surface area contributed by atoms with E-state index in [0.717, 1.165) is 5.56 Å². The van der Waals surface area contributed by atoms with Crippen LogP contribution in [0.15, 0.2) is 54.6 Å². The number of rotatable bonds is 8. The van der Waals surface area contributed by atoms with Gasteiger partial charge in [0.2, 0.25) is 11.8 Å². The first-order valence-electron chi connectivity index (χ1n) is 9.02. The number of nitrogens with two attached hydrogens (primary N) is 1. The van der Waals surface area contributed by atoms with Gasteiger partial charge in [-0.3, -0.25) is 9.59 Å². The molecule has 6 nitrogen and oxygen atoms in total. The minimum absolute atomic E-state index is 0.00154. The van der Waals surface area contributed by atoms with Crippen LogP contribution < -0.4 is 21.1 Å². The van der Waals surface area contributed by atoms with Crippen LogP contribution in [0, 0.1) is 5.92 Å². The highest BCUT2D eigenvalue weighted by atomic mass is 16.5. The second-order valence-corrected chi connectivity index (χ2v) is 6.70. The molecule has 0 saturated heterocycles. The Balaban J connectivity index is 1.97. The number of ether oxygens (including phenoxy) is 1. The maximum Gasteiger partial charge on any atom is 0.243 e. The zero-order valence-corrected chi connectivity index (χ0v) is 15.9. The highest BCUT2D eigenvalue weighted by molar-refractivity contribution is 5.96. The molecule has 0 radical (unpaired) electrons. The average molecular weight is 369 g/mol. The minimum atomic E-state index is -0.639. The van der Waals surface area contributed by atoms with Gasteiger partial charge in [-0.05, 0) is 30.5 Å². The zero-order valence-electron chi connectivity index (χ0n) is 15.9. The van der Waals surface area contributed by atoms with E-state index in [4.69, 9.17) is 10.5 Å². The van der Waals surface area contributed by atoms with Gasteiger partial charge in [0.25, 0.3) is 0 Å². The number of benzene rings is 2. The van der Waals surface area contributed by atoms with Gasteiger partial charge in [0.05, 0.1) is 18.3 Å². The van der Waals surface area contributed by atoms with Crippen LogP contribution in [-0.4, -0.2) is 24.4 Å². The van der Waals surface area contributed by atoms with Crippen LogP contribution in [-0.2, 0) is 9.59 Å². The lowest BCUT2D eigenvalue weighted by Crippen LogP contribution is -2.46. The van der Waals surface area contributed by atoms with Gasteiger partial charge >= 0.3 is 0 Å². The number of nitrogens with one attached hydrogen (secondary N) is 2. The van der Waals surface area contributed by atoms with Crippen molar-refractivity contribution in [3.05, 3.63) is 60.2 Å². The van der Waals surface area contributed by atoms with Crippen molar-refractivity contribution in [3.8, 4) is 5.75 Å². The molecule has 0 spiro atoms. The van der Waals surface area contributed by atoms with Crippen LogP contribution in [0.4, 0.5) is 5.69 Å². The molecule has 2 aromatic carbocycles. The molecule has 2 rings (SSSR count). The first kappa shape index (κ1) is 20.5. The van der Waals surface area contributed by atoms with Gasteiger partial charge in [-0.25, -0.2) is 0 Å². The van der Waals surface area contributed by atoms with E-state index in [1.165, 1.54) is 0 Å². The second kappa shape index (κ2) is 9.73. The molecular weight excluding hydrogens is 342 g/mol. The molecule has 0 saturated carbocycles. The molecule has 27 heavy (non-hydrogen) atoms. The van der Waals surface area contributed by atoms with Crippen molar-refractivity contribution in [1.29, 1.82) is 0 Å². The van der Waals surface area contributed by atoms with E-state index in [1.807, 2.05) is 63.2 Å². The molecule has 4 N–H and O–H groups in total. The molecule has 0 heterocycles. The number of hydrogen-bond acceptors (Lipinski definition) is 4. The Morgan fingerprint density at radius 3 is 2.30 bits per heavy atom. The number of carbonyl (C=O) groups excluding carboxylic acids is 2. The molecule has 0 bridgehead atoms. The van der Waals surface area contributed by atoms with Crippen molar-refractivity contribution >= 4 is 17.5 Å². The highest BCUT2D eigenvalue weighted by Gasteiger charge is 2.18. The topological polar surface area (TPSA) is 93.5 Å². The van der Waals surface area contributed by atoms with Crippen molar-refractivity contribution < 1.29 is 14.3 Å². The van der Waals surface area contributed by atoms with E-state index >= 15 is 0 Å². The van der Waals surface area contributed by atoms with E-state index in [2.05, 4.69) is 10.6 Å². The predicted molar refractivity (Wildman–Crippen MR) is 106 cm³/mol. The van der Waals surface area contributed by atoms with E-state index in [9.17, 15) is 9.59 Å². The molecule has 6 heteroatoms. The lowest BCUT2D eigenvalue weighted by atomic mass is 10.1. The number of carbonyl (C=O) groups is 2. The Kier molecular flexibility index (Phi) is 7.37. The van der Waals surface area contributed by atoms with E-state index in [1.54, 1.807) is 12.1 Å². The van der Waals surface area contributed by atoms with Crippen LogP contribution in [0.2, 0.25) is 0 Å². The lowest BCUT2D eigenvalue weighted by Gasteiger charge is -2.18. The fraction of sp³-hybridized carbons (Fsp3) is 0.333. The summed E-state index contributed by atoms with van der Waals surface area (Å²) in [6.07, 6.45) is -0.173. The summed E-state index contributed by atoms with van der Waals surface area (Å²) < 4.78 is 6.01. The van der Waals surface area contributed by atoms with E-state index < -0.39 is 6.04 Å². The standard InChI is InChI=1S/C21H27N3O3/c1-14(2)20(22)21(26)23-13-19(25)24-17-11-7-8-12-18(17)27-15(3)16-9-5-4-6-10-16/h4-12,14-15,20H,13,22H2,1-3H3,(H,23,26)(H,24,25)/t15?,20-/m0/s1. The van der Waals surface area contributed by atoms with Crippen LogP contribution in [0.3, 0.4) is 0 Å². The molecule has 0 fully saturated rings. The second-order valence-electron chi connectivity index (χ2n) is 6.70. The molecule has 144 valence electrons. The Bertz CT molecular complexity index is 762. The fourth-order valence-corrected chi connectivity index (χ4v) is 2.44. The average Bonchev–Trinajstić information content (AvgIpc) is 2.67. The van der Waals surface area contributed by atoms with E-state index in [-0.39, 0.29) is 30.4 Å². The van der Waals surface area contributed by atoms with Crippen LogP contribution in [0.5, 0.6) is 5.75 Å². The molecule has 0 aliphatic carbocycles. The van der Waals surface area contributed by atoms with Crippen molar-refractivity contribution in [2.75, 3.05) is 11.9 Å². The summed E-state index contributed by atoms with van der Waals surface area (Å²) >= 11 is 0. The summed E-state index contributed by atoms with van der Waals surface area (Å²) in [7, 11) is 0. The largest absolute Gasteiger partial charge is 0.484 e. The minimum Gasteiger partial charge on any atom is -0.484 e. The molecule has 1 unspecified atom stereocenters. The third kappa shape index (κ3) is 6.11. The van der Waals surface area contributed by atoms with Gasteiger partial charge in [-0.2, -0.15) is 0 Å². The Hall–Kier alpha value is -2.86. The number of anilines is 1. The first-order chi connectivity index (χ1) is 12.9. The smallest absolute Gasteiger partial charge is 0.243 e. The number of hydrogen-bond donors (Lipinski definition) is 3. The van der Waals surface area contributed by atoms with Crippen LogP contribution >= 0.6 is 0 Å². The molecule has 0 aliphatic heterocycles. The molecule has 2 amide bonds. The summed E-state index contributed by atoms with van der Waals surface area (Å²) in [4.78, 5) is 24.1. The SMILES string of the molecule is CC(Oc1ccccc1NC(=O)CNC(=O)[C@@H](N)C(C)C)c1ccccc1. The quantitative estimate of drug-likeness (QED) is 0.667. The van der Waals surface area contributed by atoms with Gasteiger partial charge in [0, 0.05) is 0 Å². The van der Waals surface area contributed by atoms with Crippen molar-refractivity contribution in [3.63, 3.8) is 0 Å². The Morgan fingerprint density at radius 1 is 1.00 bits per heavy atom. The predicted octanol–water partition coefficient (Wildman–Crippen LogP) is 2.86. The maximum absolute atomic E-state index is 12.2. The van der Waals surface area contributed by atoms with Gasteiger partial charge in [-0.1, -0.05) is 56.3 Å². The van der Waals surface area contributed by atoms with Crippen LogP contribution in [0.25, 0.3) is 0 Å². The van der Waals surface area contributed by atoms with Gasteiger partial charge in [0.1, 0.15) is 11.9 Å². The maximum atomic E-state index is 12.2. The Morgan fingerprint density at radius 2 is 1.63 bits per heavy atom. The summed E-state index contributed by atoms with van der Waals surface area (Å²) in [6.45, 7) is 5.50. The van der Waals surface area contributed by atoms with E-state index in [0.29, 0.717) is 11.4 Å². The van der Waals surface area contributed by atoms with Crippen LogP contribution in [0.1, 0.15) is 32.4 Å². The molecular formula is C21H27N3O3. The summed E-state index contributed by atoms with van der Waals surface area (Å²) in [5.74, 6) is -0.126. The number of amides is 2. The summed E-state index contributed by atoms with van der Waals surface area (Å²) in [5.41, 5.74) is 7.35. The third-order valence-corrected chi connectivity index (χ3v) is 4.18. The van der Waals surface area contributed by atoms with Crippen molar-refractivity contribution in [1.82, 2.24) is 5.32 Å². The molecule has 2 aromatic rings. The van der Waals surface area contributed by atoms with Gasteiger partial charge in [-0.15, -0.1) is 0 Å². The first-order valence-corrected chi connectivity index (χ1v) is 9.02. The van der Waals surface area contributed by atoms with Gasteiger partial charge in [0.15, 0.2) is 0 Å². The monoisotopic (exact) mass is 369 g/mol. The third-order valence-electron chi connectivity index (χ3n) is 4.18. The fourth-order valence-electron chi connectivity index (χ4n) is 2.44. The Labute approximate surface area is 160 Å². The number of para-hydroxylation sites is 2. The molecule has 0 aromatic heterocycles. The van der Waals surface area contributed by atoms with Gasteiger partial charge < -0.3 is 21.1 Å². The zero-order chi connectivity index (χ0) is 19.8. The van der Waals surface area contributed by atoms with Crippen molar-refractivity contribution in [2.24, 2.45) is 11.7 Å². The van der Waals surface area contributed by atoms with Crippen molar-refractivity contribution in [2.45, 2.75) is 32.9 Å². The summed E-state index contributed by atoms with van der Waals surface area (Å²) in [6, 6.07) is 16.4. The lowest BCUT2D eigenvalue weighted by molar-refractivity contribution is -0.125.